The molecule has 138 valence electrons. The maximum atomic E-state index is 13.0. The average Bonchev–Trinajstić information content (AvgIpc) is 3.08. The van der Waals surface area contributed by atoms with Crippen molar-refractivity contribution in [2.45, 2.75) is 32.0 Å². The van der Waals surface area contributed by atoms with E-state index in [4.69, 9.17) is 0 Å². The van der Waals surface area contributed by atoms with Crippen LogP contribution in [0, 0.1) is 6.92 Å². The van der Waals surface area contributed by atoms with Crippen molar-refractivity contribution in [3.63, 3.8) is 0 Å². The zero-order valence-electron chi connectivity index (χ0n) is 14.3. The highest BCUT2D eigenvalue weighted by Gasteiger charge is 2.31. The zero-order valence-corrected chi connectivity index (χ0v) is 14.3. The van der Waals surface area contributed by atoms with Gasteiger partial charge in [0.25, 0.3) is 5.91 Å². The molecule has 1 aromatic carbocycles. The number of aliphatic hydroxyl groups is 1. The predicted octanol–water partition coefficient (Wildman–Crippen LogP) is 3.67. The normalized spacial score (nSPS) is 17.6. The van der Waals surface area contributed by atoms with Crippen molar-refractivity contribution in [2.75, 3.05) is 13.2 Å². The van der Waals surface area contributed by atoms with Crippen LogP contribution in [0.25, 0.3) is 11.3 Å². The molecule has 1 unspecified atom stereocenters. The summed E-state index contributed by atoms with van der Waals surface area (Å²) in [5.41, 5.74) is 0.695. The van der Waals surface area contributed by atoms with Crippen LogP contribution in [0.5, 0.6) is 0 Å². The van der Waals surface area contributed by atoms with Crippen LogP contribution < -0.4 is 0 Å². The fourth-order valence-electron chi connectivity index (χ4n) is 3.22. The zero-order chi connectivity index (χ0) is 18.9. The second-order valence-electron chi connectivity index (χ2n) is 6.43. The van der Waals surface area contributed by atoms with E-state index in [-0.39, 0.29) is 29.9 Å². The minimum absolute atomic E-state index is 0.0722. The van der Waals surface area contributed by atoms with Crippen LogP contribution in [0.3, 0.4) is 0 Å². The van der Waals surface area contributed by atoms with Crippen molar-refractivity contribution in [2.24, 2.45) is 0 Å². The lowest BCUT2D eigenvalue weighted by atomic mass is 10.0. The first-order valence-corrected chi connectivity index (χ1v) is 8.38. The summed E-state index contributed by atoms with van der Waals surface area (Å²) in [5.74, 6) is -0.179. The summed E-state index contributed by atoms with van der Waals surface area (Å²) in [6.45, 7) is 2.04. The lowest BCUT2D eigenvalue weighted by molar-refractivity contribution is -0.137. The van der Waals surface area contributed by atoms with Crippen molar-refractivity contribution < 1.29 is 23.1 Å². The van der Waals surface area contributed by atoms with Gasteiger partial charge in [0, 0.05) is 23.4 Å². The number of benzene rings is 1. The highest BCUT2D eigenvalue weighted by atomic mass is 19.4. The number of carbonyl (C=O) groups excluding carboxylic acids is 1. The maximum Gasteiger partial charge on any atom is 0.416 e. The molecular formula is C19H19F3N2O2. The van der Waals surface area contributed by atoms with Crippen molar-refractivity contribution in [1.29, 1.82) is 0 Å². The second-order valence-corrected chi connectivity index (χ2v) is 6.43. The third-order valence-corrected chi connectivity index (χ3v) is 4.56. The molecule has 1 atom stereocenters. The molecule has 0 aliphatic carbocycles. The van der Waals surface area contributed by atoms with Gasteiger partial charge in [-0.05, 0) is 44.0 Å². The molecule has 2 aromatic rings. The van der Waals surface area contributed by atoms with Crippen LogP contribution in [0.4, 0.5) is 13.2 Å². The Morgan fingerprint density at radius 3 is 2.58 bits per heavy atom. The number of hydrogen-bond acceptors (Lipinski definition) is 3. The predicted molar refractivity (Wildman–Crippen MR) is 90.6 cm³/mol. The minimum atomic E-state index is -4.44. The molecule has 4 nitrogen and oxygen atoms in total. The topological polar surface area (TPSA) is 53.4 Å². The Morgan fingerprint density at radius 1 is 1.27 bits per heavy atom. The first-order chi connectivity index (χ1) is 12.3. The molecule has 1 aliphatic heterocycles. The standard InChI is InChI=1S/C19H19F3N2O2/c1-12-9-15(19(20,21)22)10-17(23-12)13-4-6-14(7-5-13)18(26)24-8-2-3-16(24)11-25/h4-7,9-10,16,25H,2-3,8,11H2,1H3. The number of aromatic nitrogens is 1. The Bertz CT molecular complexity index is 803. The van der Waals surface area contributed by atoms with Crippen molar-refractivity contribution >= 4 is 5.91 Å². The van der Waals surface area contributed by atoms with Gasteiger partial charge in [0.2, 0.25) is 0 Å². The van der Waals surface area contributed by atoms with Crippen LogP contribution in [0.2, 0.25) is 0 Å². The Hall–Kier alpha value is -2.41. The van der Waals surface area contributed by atoms with Crippen LogP contribution in [0.15, 0.2) is 36.4 Å². The van der Waals surface area contributed by atoms with Crippen molar-refractivity contribution in [1.82, 2.24) is 9.88 Å². The van der Waals surface area contributed by atoms with Crippen molar-refractivity contribution in [3.8, 4) is 11.3 Å². The number of alkyl halides is 3. The monoisotopic (exact) mass is 364 g/mol. The van der Waals surface area contributed by atoms with Gasteiger partial charge in [-0.1, -0.05) is 12.1 Å². The SMILES string of the molecule is Cc1cc(C(F)(F)F)cc(-c2ccc(C(=O)N3CCCC3CO)cc2)n1. The molecule has 0 bridgehead atoms. The van der Waals surface area contributed by atoms with Gasteiger partial charge in [-0.3, -0.25) is 9.78 Å². The summed E-state index contributed by atoms with van der Waals surface area (Å²) in [6, 6.07) is 8.20. The van der Waals surface area contributed by atoms with Gasteiger partial charge in [-0.25, -0.2) is 0 Å². The number of hydrogen-bond donors (Lipinski definition) is 1. The van der Waals surface area contributed by atoms with Crippen LogP contribution in [0.1, 0.15) is 34.5 Å². The summed E-state index contributed by atoms with van der Waals surface area (Å²) < 4.78 is 38.9. The number of amides is 1. The number of nitrogens with zero attached hydrogens (tertiary/aromatic N) is 2. The third-order valence-electron chi connectivity index (χ3n) is 4.56. The average molecular weight is 364 g/mol. The third kappa shape index (κ3) is 3.72. The summed E-state index contributed by atoms with van der Waals surface area (Å²) >= 11 is 0. The van der Waals surface area contributed by atoms with Gasteiger partial charge < -0.3 is 10.0 Å². The molecule has 1 aliphatic rings. The number of rotatable bonds is 3. The first kappa shape index (κ1) is 18.4. The Balaban J connectivity index is 1.86. The summed E-state index contributed by atoms with van der Waals surface area (Å²) in [4.78, 5) is 18.4. The van der Waals surface area contributed by atoms with E-state index in [2.05, 4.69) is 4.98 Å². The molecule has 1 N–H and O–H groups in total. The van der Waals surface area contributed by atoms with Gasteiger partial charge in [-0.2, -0.15) is 13.2 Å². The van der Waals surface area contributed by atoms with Gasteiger partial charge in [0.1, 0.15) is 0 Å². The molecule has 1 fully saturated rings. The van der Waals surface area contributed by atoms with Gasteiger partial charge in [0.05, 0.1) is 23.9 Å². The molecular weight excluding hydrogens is 345 g/mol. The number of aryl methyl sites for hydroxylation is 1. The Labute approximate surface area is 149 Å². The van der Waals surface area contributed by atoms with E-state index >= 15 is 0 Å². The summed E-state index contributed by atoms with van der Waals surface area (Å²) in [7, 11) is 0. The van der Waals surface area contributed by atoms with E-state index in [1.165, 1.54) is 6.92 Å². The number of aliphatic hydroxyl groups excluding tert-OH is 1. The van der Waals surface area contributed by atoms with E-state index < -0.39 is 11.7 Å². The lowest BCUT2D eigenvalue weighted by Crippen LogP contribution is -2.37. The fourth-order valence-corrected chi connectivity index (χ4v) is 3.22. The number of carbonyl (C=O) groups is 1. The smallest absolute Gasteiger partial charge is 0.394 e. The molecule has 1 aromatic heterocycles. The first-order valence-electron chi connectivity index (χ1n) is 8.38. The van der Waals surface area contributed by atoms with Gasteiger partial charge in [-0.15, -0.1) is 0 Å². The quantitative estimate of drug-likeness (QED) is 0.904. The Morgan fingerprint density at radius 2 is 1.96 bits per heavy atom. The highest BCUT2D eigenvalue weighted by Crippen LogP contribution is 2.32. The molecule has 0 spiro atoms. The van der Waals surface area contributed by atoms with E-state index in [1.54, 1.807) is 29.2 Å². The summed E-state index contributed by atoms with van der Waals surface area (Å²) in [6.07, 6.45) is -2.82. The van der Waals surface area contributed by atoms with E-state index in [1.807, 2.05) is 0 Å². The van der Waals surface area contributed by atoms with E-state index in [9.17, 15) is 23.1 Å². The van der Waals surface area contributed by atoms with Crippen molar-refractivity contribution in [3.05, 3.63) is 53.2 Å². The highest BCUT2D eigenvalue weighted by molar-refractivity contribution is 5.95. The molecule has 3 rings (SSSR count). The Kier molecular flexibility index (Phi) is 5.00. The molecule has 26 heavy (non-hydrogen) atoms. The molecule has 0 radical (unpaired) electrons. The molecule has 1 saturated heterocycles. The fraction of sp³-hybridized carbons (Fsp3) is 0.368. The second kappa shape index (κ2) is 7.07. The largest absolute Gasteiger partial charge is 0.416 e. The molecule has 2 heterocycles. The van der Waals surface area contributed by atoms with E-state index in [0.29, 0.717) is 17.7 Å². The minimum Gasteiger partial charge on any atom is -0.394 e. The number of pyridine rings is 1. The van der Waals surface area contributed by atoms with Gasteiger partial charge >= 0.3 is 6.18 Å². The maximum absolute atomic E-state index is 13.0. The number of likely N-dealkylation sites (tertiary alicyclic amines) is 1. The van der Waals surface area contributed by atoms with E-state index in [0.717, 1.165) is 25.0 Å². The van der Waals surface area contributed by atoms with Crippen LogP contribution >= 0.6 is 0 Å². The lowest BCUT2D eigenvalue weighted by Gasteiger charge is -2.23. The summed E-state index contributed by atoms with van der Waals surface area (Å²) in [5, 5.41) is 9.35. The number of halogens is 3. The van der Waals surface area contributed by atoms with Crippen LogP contribution in [-0.2, 0) is 6.18 Å². The molecule has 1 amide bonds. The molecule has 7 heteroatoms. The van der Waals surface area contributed by atoms with Crippen LogP contribution in [-0.4, -0.2) is 40.1 Å². The van der Waals surface area contributed by atoms with Gasteiger partial charge in [0.15, 0.2) is 0 Å². The molecule has 0 saturated carbocycles.